The zero-order valence-electron chi connectivity index (χ0n) is 14.8. The molecule has 0 saturated carbocycles. The van der Waals surface area contributed by atoms with Crippen molar-refractivity contribution in [2.24, 2.45) is 0 Å². The number of halogens is 4. The molecule has 0 radical (unpaired) electrons. The highest BCUT2D eigenvalue weighted by Gasteiger charge is 2.39. The number of benzene rings is 2. The van der Waals surface area contributed by atoms with Gasteiger partial charge in [-0.05, 0) is 61.4 Å². The fraction of sp³-hybridized carbons (Fsp3) is 0.278. The molecule has 156 valence electrons. The molecule has 2 aromatic rings. The van der Waals surface area contributed by atoms with Crippen molar-refractivity contribution in [3.05, 3.63) is 53.6 Å². The second-order valence-electron chi connectivity index (χ2n) is 6.29. The molecular formula is C18H16ClF3N2O4S. The van der Waals surface area contributed by atoms with Crippen molar-refractivity contribution in [1.29, 1.82) is 0 Å². The van der Waals surface area contributed by atoms with E-state index < -0.39 is 34.1 Å². The number of hydrogen-bond acceptors (Lipinski definition) is 4. The summed E-state index contributed by atoms with van der Waals surface area (Å²) in [6.45, 7) is 0.182. The first-order valence-electron chi connectivity index (χ1n) is 8.50. The summed E-state index contributed by atoms with van der Waals surface area (Å²) < 4.78 is 67.3. The molecule has 0 aromatic heterocycles. The molecule has 0 aliphatic carbocycles. The summed E-state index contributed by atoms with van der Waals surface area (Å²) in [4.78, 5) is 12.6. The van der Waals surface area contributed by atoms with Gasteiger partial charge in [0.2, 0.25) is 15.9 Å². The minimum atomic E-state index is -4.81. The van der Waals surface area contributed by atoms with Crippen molar-refractivity contribution >= 4 is 33.2 Å². The second-order valence-corrected chi connectivity index (χ2v) is 8.62. The van der Waals surface area contributed by atoms with E-state index in [9.17, 15) is 26.4 Å². The van der Waals surface area contributed by atoms with Gasteiger partial charge in [0.1, 0.15) is 11.8 Å². The normalized spacial score (nSPS) is 17.9. The number of sulfonamides is 1. The Hall–Kier alpha value is -2.30. The molecule has 1 N–H and O–H groups in total. The fourth-order valence-corrected chi connectivity index (χ4v) is 4.78. The van der Waals surface area contributed by atoms with E-state index in [0.29, 0.717) is 17.9 Å². The summed E-state index contributed by atoms with van der Waals surface area (Å²) in [6, 6.07) is 9.29. The molecule has 6 nitrogen and oxygen atoms in total. The van der Waals surface area contributed by atoms with Crippen molar-refractivity contribution in [2.75, 3.05) is 11.9 Å². The maximum Gasteiger partial charge on any atom is 0.573 e. The van der Waals surface area contributed by atoms with Gasteiger partial charge in [-0.15, -0.1) is 13.2 Å². The lowest BCUT2D eigenvalue weighted by Gasteiger charge is -2.23. The summed E-state index contributed by atoms with van der Waals surface area (Å²) >= 11 is 5.79. The highest BCUT2D eigenvalue weighted by Crippen LogP contribution is 2.28. The quantitative estimate of drug-likeness (QED) is 0.749. The standard InChI is InChI=1S/C18H16ClF3N2O4S/c19-12-3-9-15(10-4-12)29(26,27)24-11-1-2-16(24)17(25)23-13-5-7-14(8-6-13)28-18(20,21)22/h3-10,16H,1-2,11H2,(H,23,25)/t16-/m1/s1. The Morgan fingerprint density at radius 2 is 1.72 bits per heavy atom. The molecule has 1 fully saturated rings. The average Bonchev–Trinajstić information content (AvgIpc) is 3.13. The smallest absolute Gasteiger partial charge is 0.406 e. The van der Waals surface area contributed by atoms with E-state index >= 15 is 0 Å². The van der Waals surface area contributed by atoms with Gasteiger partial charge in [-0.2, -0.15) is 4.31 Å². The van der Waals surface area contributed by atoms with E-state index in [1.807, 2.05) is 0 Å². The van der Waals surface area contributed by atoms with Gasteiger partial charge in [0, 0.05) is 17.3 Å². The number of carbonyl (C=O) groups is 1. The SMILES string of the molecule is O=C(Nc1ccc(OC(F)(F)F)cc1)[C@H]1CCCN1S(=O)(=O)c1ccc(Cl)cc1. The van der Waals surface area contributed by atoms with Crippen LogP contribution in [0, 0.1) is 0 Å². The van der Waals surface area contributed by atoms with Crippen LogP contribution in [0.2, 0.25) is 5.02 Å². The number of nitrogens with one attached hydrogen (secondary N) is 1. The van der Waals surface area contributed by atoms with Crippen LogP contribution in [0.25, 0.3) is 0 Å². The first-order valence-corrected chi connectivity index (χ1v) is 10.3. The maximum atomic E-state index is 12.9. The Labute approximate surface area is 170 Å². The van der Waals surface area contributed by atoms with Crippen LogP contribution in [0.3, 0.4) is 0 Å². The number of carbonyl (C=O) groups excluding carboxylic acids is 1. The van der Waals surface area contributed by atoms with Gasteiger partial charge < -0.3 is 10.1 Å². The first kappa shape index (κ1) is 21.4. The zero-order chi connectivity index (χ0) is 21.2. The number of ether oxygens (including phenoxy) is 1. The van der Waals surface area contributed by atoms with E-state index in [1.165, 1.54) is 36.4 Å². The van der Waals surface area contributed by atoms with Gasteiger partial charge in [0.25, 0.3) is 0 Å². The molecule has 2 aromatic carbocycles. The second kappa shape index (κ2) is 8.21. The molecule has 0 bridgehead atoms. The first-order chi connectivity index (χ1) is 13.6. The van der Waals surface area contributed by atoms with E-state index in [4.69, 9.17) is 11.6 Å². The Morgan fingerprint density at radius 3 is 2.31 bits per heavy atom. The molecule has 1 amide bonds. The highest BCUT2D eigenvalue weighted by molar-refractivity contribution is 7.89. The van der Waals surface area contributed by atoms with Gasteiger partial charge in [-0.1, -0.05) is 11.6 Å². The summed E-state index contributed by atoms with van der Waals surface area (Å²) in [5.74, 6) is -0.993. The van der Waals surface area contributed by atoms with E-state index in [1.54, 1.807) is 0 Å². The summed E-state index contributed by atoms with van der Waals surface area (Å²) in [5, 5.41) is 2.92. The fourth-order valence-electron chi connectivity index (χ4n) is 3.00. The van der Waals surface area contributed by atoms with Crippen LogP contribution in [-0.4, -0.2) is 37.6 Å². The van der Waals surface area contributed by atoms with Crippen LogP contribution < -0.4 is 10.1 Å². The molecular weight excluding hydrogens is 433 g/mol. The van der Waals surface area contributed by atoms with Crippen LogP contribution in [0.5, 0.6) is 5.75 Å². The Kier molecular flexibility index (Phi) is 6.06. The zero-order valence-corrected chi connectivity index (χ0v) is 16.4. The average molecular weight is 449 g/mol. The summed E-state index contributed by atoms with van der Waals surface area (Å²) in [5.41, 5.74) is 0.222. The molecule has 1 heterocycles. The van der Waals surface area contributed by atoms with Crippen LogP contribution in [0.1, 0.15) is 12.8 Å². The summed E-state index contributed by atoms with van der Waals surface area (Å²) in [7, 11) is -3.90. The maximum absolute atomic E-state index is 12.9. The lowest BCUT2D eigenvalue weighted by molar-refractivity contribution is -0.274. The largest absolute Gasteiger partial charge is 0.573 e. The minimum absolute atomic E-state index is 0.0234. The van der Waals surface area contributed by atoms with Crippen LogP contribution in [-0.2, 0) is 14.8 Å². The molecule has 1 aliphatic heterocycles. The Morgan fingerprint density at radius 1 is 1.10 bits per heavy atom. The number of nitrogens with zero attached hydrogens (tertiary/aromatic N) is 1. The number of rotatable bonds is 5. The van der Waals surface area contributed by atoms with Crippen molar-refractivity contribution < 1.29 is 31.1 Å². The van der Waals surface area contributed by atoms with Crippen molar-refractivity contribution in [1.82, 2.24) is 4.31 Å². The number of alkyl halides is 3. The van der Waals surface area contributed by atoms with E-state index in [2.05, 4.69) is 10.1 Å². The van der Waals surface area contributed by atoms with Gasteiger partial charge >= 0.3 is 6.36 Å². The third-order valence-corrected chi connectivity index (χ3v) is 6.46. The lowest BCUT2D eigenvalue weighted by atomic mass is 10.2. The highest BCUT2D eigenvalue weighted by atomic mass is 35.5. The van der Waals surface area contributed by atoms with Gasteiger partial charge in [0.05, 0.1) is 4.90 Å². The third-order valence-electron chi connectivity index (χ3n) is 4.28. The predicted molar refractivity (Wildman–Crippen MR) is 100 cm³/mol. The van der Waals surface area contributed by atoms with Crippen molar-refractivity contribution in [3.8, 4) is 5.75 Å². The van der Waals surface area contributed by atoms with Crippen LogP contribution >= 0.6 is 11.6 Å². The minimum Gasteiger partial charge on any atom is -0.406 e. The van der Waals surface area contributed by atoms with Crippen LogP contribution in [0.15, 0.2) is 53.4 Å². The Balaban J connectivity index is 1.72. The predicted octanol–water partition coefficient (Wildman–Crippen LogP) is 4.03. The van der Waals surface area contributed by atoms with Gasteiger partial charge in [-0.25, -0.2) is 8.42 Å². The number of hydrogen-bond donors (Lipinski definition) is 1. The van der Waals surface area contributed by atoms with E-state index in [-0.39, 0.29) is 17.1 Å². The Bertz CT molecular complexity index is 980. The van der Waals surface area contributed by atoms with Gasteiger partial charge in [0.15, 0.2) is 0 Å². The third kappa shape index (κ3) is 5.20. The number of amides is 1. The monoisotopic (exact) mass is 448 g/mol. The lowest BCUT2D eigenvalue weighted by Crippen LogP contribution is -2.43. The molecule has 0 unspecified atom stereocenters. The van der Waals surface area contributed by atoms with Crippen LogP contribution in [0.4, 0.5) is 18.9 Å². The van der Waals surface area contributed by atoms with E-state index in [0.717, 1.165) is 16.4 Å². The van der Waals surface area contributed by atoms with Crippen molar-refractivity contribution in [2.45, 2.75) is 30.1 Å². The molecule has 0 spiro atoms. The molecule has 1 aliphatic rings. The van der Waals surface area contributed by atoms with Gasteiger partial charge in [-0.3, -0.25) is 4.79 Å². The molecule has 1 saturated heterocycles. The molecule has 3 rings (SSSR count). The molecule has 29 heavy (non-hydrogen) atoms. The molecule has 1 atom stereocenters. The molecule has 11 heteroatoms. The number of anilines is 1. The van der Waals surface area contributed by atoms with Crippen molar-refractivity contribution in [3.63, 3.8) is 0 Å². The summed E-state index contributed by atoms with van der Waals surface area (Å²) in [6.07, 6.45) is -3.98. The topological polar surface area (TPSA) is 75.7 Å².